The van der Waals surface area contributed by atoms with E-state index in [-0.39, 0.29) is 5.69 Å². The molecule has 1 aromatic heterocycles. The lowest BCUT2D eigenvalue weighted by atomic mass is 10.2. The number of carbonyl (C=O) groups is 1. The van der Waals surface area contributed by atoms with Gasteiger partial charge in [-0.2, -0.15) is 9.90 Å². The van der Waals surface area contributed by atoms with Gasteiger partial charge in [-0.1, -0.05) is 22.0 Å². The number of aromatic carboxylic acids is 1. The minimum Gasteiger partial charge on any atom is -0.476 e. The number of hydrogen-bond acceptors (Lipinski definition) is 3. The van der Waals surface area contributed by atoms with Gasteiger partial charge in [0, 0.05) is 4.47 Å². The van der Waals surface area contributed by atoms with Crippen LogP contribution in [0.2, 0.25) is 0 Å². The maximum Gasteiger partial charge on any atom is 0.358 e. The van der Waals surface area contributed by atoms with Gasteiger partial charge in [0.1, 0.15) is 0 Å². The Morgan fingerprint density at radius 2 is 2.06 bits per heavy atom. The molecule has 0 saturated heterocycles. The zero-order chi connectivity index (χ0) is 12.6. The number of carboxylic acid groups (broad SMARTS) is 1. The molecule has 0 fully saturated rings. The molecular weight excluding hydrogens is 286 g/mol. The average molecular weight is 296 g/mol. The Kier molecular flexibility index (Phi) is 2.97. The molecular formula is C11H10BrN3O2. The quantitative estimate of drug-likeness (QED) is 0.923. The molecule has 2 rings (SSSR count). The third kappa shape index (κ3) is 2.21. The van der Waals surface area contributed by atoms with Gasteiger partial charge in [0.15, 0.2) is 5.69 Å². The van der Waals surface area contributed by atoms with Crippen LogP contribution in [-0.4, -0.2) is 26.1 Å². The Morgan fingerprint density at radius 3 is 2.59 bits per heavy atom. The van der Waals surface area contributed by atoms with Crippen LogP contribution in [0.4, 0.5) is 0 Å². The summed E-state index contributed by atoms with van der Waals surface area (Å²) in [5.41, 5.74) is 2.19. The predicted molar refractivity (Wildman–Crippen MR) is 65.5 cm³/mol. The third-order valence-corrected chi connectivity index (χ3v) is 3.23. The molecule has 0 saturated carbocycles. The van der Waals surface area contributed by atoms with E-state index < -0.39 is 5.97 Å². The SMILES string of the molecule is Cc1ccc(-n2nc(C)c(C(=O)O)n2)cc1Br. The smallest absolute Gasteiger partial charge is 0.358 e. The van der Waals surface area contributed by atoms with Gasteiger partial charge in [-0.25, -0.2) is 4.79 Å². The van der Waals surface area contributed by atoms with Gasteiger partial charge in [-0.15, -0.1) is 5.10 Å². The summed E-state index contributed by atoms with van der Waals surface area (Å²) in [5.74, 6) is -1.07. The van der Waals surface area contributed by atoms with Crippen molar-refractivity contribution in [3.8, 4) is 5.69 Å². The van der Waals surface area contributed by atoms with Crippen molar-refractivity contribution in [2.24, 2.45) is 0 Å². The van der Waals surface area contributed by atoms with Crippen molar-refractivity contribution in [1.29, 1.82) is 0 Å². The largest absolute Gasteiger partial charge is 0.476 e. The molecule has 1 heterocycles. The molecule has 0 atom stereocenters. The first-order chi connectivity index (χ1) is 7.99. The third-order valence-electron chi connectivity index (χ3n) is 2.37. The Bertz CT molecular complexity index is 592. The van der Waals surface area contributed by atoms with Gasteiger partial charge >= 0.3 is 5.97 Å². The van der Waals surface area contributed by atoms with Crippen molar-refractivity contribution in [1.82, 2.24) is 15.0 Å². The molecule has 17 heavy (non-hydrogen) atoms. The fraction of sp³-hybridized carbons (Fsp3) is 0.182. The van der Waals surface area contributed by atoms with Crippen LogP contribution in [0.5, 0.6) is 0 Å². The van der Waals surface area contributed by atoms with Gasteiger partial charge in [0.05, 0.1) is 11.4 Å². The van der Waals surface area contributed by atoms with Crippen molar-refractivity contribution in [2.45, 2.75) is 13.8 Å². The maximum absolute atomic E-state index is 10.9. The summed E-state index contributed by atoms with van der Waals surface area (Å²) in [6, 6.07) is 5.60. The zero-order valence-electron chi connectivity index (χ0n) is 9.31. The zero-order valence-corrected chi connectivity index (χ0v) is 10.9. The number of carboxylic acids is 1. The first kappa shape index (κ1) is 11.8. The molecule has 0 aliphatic rings. The molecule has 5 nitrogen and oxygen atoms in total. The second kappa shape index (κ2) is 4.29. The Hall–Kier alpha value is -1.69. The van der Waals surface area contributed by atoms with Crippen LogP contribution in [0.25, 0.3) is 5.69 Å². The number of nitrogens with zero attached hydrogens (tertiary/aromatic N) is 3. The van der Waals surface area contributed by atoms with E-state index in [0.717, 1.165) is 15.7 Å². The van der Waals surface area contributed by atoms with Crippen molar-refractivity contribution in [3.63, 3.8) is 0 Å². The fourth-order valence-corrected chi connectivity index (χ4v) is 1.76. The van der Waals surface area contributed by atoms with E-state index in [2.05, 4.69) is 26.1 Å². The monoisotopic (exact) mass is 295 g/mol. The molecule has 1 aromatic carbocycles. The highest BCUT2D eigenvalue weighted by Gasteiger charge is 2.14. The van der Waals surface area contributed by atoms with Crippen LogP contribution in [0, 0.1) is 13.8 Å². The highest BCUT2D eigenvalue weighted by atomic mass is 79.9. The molecule has 6 heteroatoms. The Balaban J connectivity index is 2.50. The van der Waals surface area contributed by atoms with E-state index in [1.165, 1.54) is 4.80 Å². The highest BCUT2D eigenvalue weighted by molar-refractivity contribution is 9.10. The lowest BCUT2D eigenvalue weighted by Crippen LogP contribution is -2.02. The minimum absolute atomic E-state index is 0.0262. The molecule has 0 radical (unpaired) electrons. The van der Waals surface area contributed by atoms with Crippen molar-refractivity contribution in [3.05, 3.63) is 39.6 Å². The van der Waals surface area contributed by atoms with Gasteiger partial charge in [0.2, 0.25) is 0 Å². The van der Waals surface area contributed by atoms with E-state index in [0.29, 0.717) is 5.69 Å². The van der Waals surface area contributed by atoms with Crippen LogP contribution >= 0.6 is 15.9 Å². The summed E-state index contributed by atoms with van der Waals surface area (Å²) in [4.78, 5) is 12.2. The van der Waals surface area contributed by atoms with Crippen LogP contribution in [0.1, 0.15) is 21.7 Å². The average Bonchev–Trinajstić information content (AvgIpc) is 2.64. The molecule has 0 aliphatic carbocycles. The molecule has 88 valence electrons. The molecule has 1 N–H and O–H groups in total. The Morgan fingerprint density at radius 1 is 1.35 bits per heavy atom. The normalized spacial score (nSPS) is 10.5. The van der Waals surface area contributed by atoms with E-state index in [1.54, 1.807) is 6.92 Å². The first-order valence-electron chi connectivity index (χ1n) is 4.93. The van der Waals surface area contributed by atoms with Crippen LogP contribution in [-0.2, 0) is 0 Å². The summed E-state index contributed by atoms with van der Waals surface area (Å²) < 4.78 is 0.932. The van der Waals surface area contributed by atoms with Crippen molar-refractivity contribution >= 4 is 21.9 Å². The molecule has 0 bridgehead atoms. The van der Waals surface area contributed by atoms with Gasteiger partial charge in [-0.3, -0.25) is 0 Å². The molecule has 2 aromatic rings. The summed E-state index contributed by atoms with van der Waals surface area (Å²) in [7, 11) is 0. The number of aryl methyl sites for hydroxylation is 2. The van der Waals surface area contributed by atoms with Crippen LogP contribution in [0.15, 0.2) is 22.7 Å². The summed E-state index contributed by atoms with van der Waals surface area (Å²) in [6.45, 7) is 3.59. The van der Waals surface area contributed by atoms with Crippen molar-refractivity contribution in [2.75, 3.05) is 0 Å². The number of rotatable bonds is 2. The van der Waals surface area contributed by atoms with E-state index in [9.17, 15) is 4.79 Å². The highest BCUT2D eigenvalue weighted by Crippen LogP contribution is 2.19. The minimum atomic E-state index is -1.07. The first-order valence-corrected chi connectivity index (χ1v) is 5.72. The van der Waals surface area contributed by atoms with Crippen LogP contribution < -0.4 is 0 Å². The summed E-state index contributed by atoms with van der Waals surface area (Å²) >= 11 is 3.41. The van der Waals surface area contributed by atoms with E-state index in [4.69, 9.17) is 5.11 Å². The number of halogens is 1. The molecule has 0 unspecified atom stereocenters. The Labute approximate surface area is 106 Å². The lowest BCUT2D eigenvalue weighted by molar-refractivity contribution is 0.0689. The number of aromatic nitrogens is 3. The molecule has 0 spiro atoms. The summed E-state index contributed by atoms with van der Waals surface area (Å²) in [5, 5.41) is 16.9. The number of benzene rings is 1. The molecule has 0 aliphatic heterocycles. The van der Waals surface area contributed by atoms with E-state index >= 15 is 0 Å². The van der Waals surface area contributed by atoms with Gasteiger partial charge < -0.3 is 5.11 Å². The maximum atomic E-state index is 10.9. The summed E-state index contributed by atoms with van der Waals surface area (Å²) in [6.07, 6.45) is 0. The second-order valence-electron chi connectivity index (χ2n) is 3.66. The topological polar surface area (TPSA) is 68.0 Å². The van der Waals surface area contributed by atoms with Gasteiger partial charge in [0.25, 0.3) is 0 Å². The molecule has 0 amide bonds. The lowest BCUT2D eigenvalue weighted by Gasteiger charge is -2.02. The van der Waals surface area contributed by atoms with Crippen LogP contribution in [0.3, 0.4) is 0 Å². The second-order valence-corrected chi connectivity index (χ2v) is 4.52. The van der Waals surface area contributed by atoms with E-state index in [1.807, 2.05) is 25.1 Å². The van der Waals surface area contributed by atoms with Crippen molar-refractivity contribution < 1.29 is 9.90 Å². The standard InChI is InChI=1S/C11H10BrN3O2/c1-6-3-4-8(5-9(6)12)15-13-7(2)10(14-15)11(16)17/h3-5H,1-2H3,(H,16,17). The number of hydrogen-bond donors (Lipinski definition) is 1. The predicted octanol–water partition coefficient (Wildman–Crippen LogP) is 2.34. The fourth-order valence-electron chi connectivity index (χ4n) is 1.40. The van der Waals surface area contributed by atoms with Gasteiger partial charge in [-0.05, 0) is 31.5 Å².